The van der Waals surface area contributed by atoms with Crippen LogP contribution in [0.2, 0.25) is 0 Å². The Morgan fingerprint density at radius 2 is 1.67 bits per heavy atom. The topological polar surface area (TPSA) is 26.8 Å². The summed E-state index contributed by atoms with van der Waals surface area (Å²) in [5, 5.41) is 0. The van der Waals surface area contributed by atoms with Crippen LogP contribution in [0.25, 0.3) is 0 Å². The first-order valence-corrected chi connectivity index (χ1v) is 8.70. The Hall–Kier alpha value is -0.610. The molecule has 0 N–H and O–H groups in total. The van der Waals surface area contributed by atoms with Crippen molar-refractivity contribution in [2.75, 3.05) is 45.8 Å². The van der Waals surface area contributed by atoms with Crippen LogP contribution in [0.4, 0.5) is 0 Å². The van der Waals surface area contributed by atoms with Gasteiger partial charge in [0.05, 0.1) is 0 Å². The van der Waals surface area contributed by atoms with Gasteiger partial charge >= 0.3 is 0 Å². The van der Waals surface area contributed by atoms with E-state index in [9.17, 15) is 4.79 Å². The van der Waals surface area contributed by atoms with Crippen molar-refractivity contribution in [2.24, 2.45) is 5.92 Å². The van der Waals surface area contributed by atoms with Crippen molar-refractivity contribution in [3.8, 4) is 0 Å². The summed E-state index contributed by atoms with van der Waals surface area (Å²) >= 11 is 0. The molecule has 0 aromatic rings. The van der Waals surface area contributed by atoms with E-state index in [1.165, 1.54) is 26.2 Å². The zero-order chi connectivity index (χ0) is 15.8. The zero-order valence-electron chi connectivity index (χ0n) is 14.8. The van der Waals surface area contributed by atoms with Crippen molar-refractivity contribution >= 4 is 5.91 Å². The highest BCUT2D eigenvalue weighted by molar-refractivity contribution is 5.78. The van der Waals surface area contributed by atoms with Crippen LogP contribution >= 0.6 is 0 Å². The normalized spacial score (nSPS) is 17.7. The highest BCUT2D eigenvalue weighted by atomic mass is 16.2. The lowest BCUT2D eigenvalue weighted by Crippen LogP contribution is -2.49. The highest BCUT2D eigenvalue weighted by Gasteiger charge is 2.19. The van der Waals surface area contributed by atoms with E-state index in [2.05, 4.69) is 35.5 Å². The molecule has 0 aromatic heterocycles. The first-order valence-electron chi connectivity index (χ1n) is 8.70. The van der Waals surface area contributed by atoms with Crippen LogP contribution in [0, 0.1) is 5.92 Å². The van der Waals surface area contributed by atoms with E-state index in [1.54, 1.807) is 0 Å². The fraction of sp³-hybridized carbons (Fsp3) is 0.941. The third kappa shape index (κ3) is 6.35. The Balaban J connectivity index is 2.27. The molecule has 1 saturated heterocycles. The first-order chi connectivity index (χ1) is 9.95. The molecule has 0 aromatic carbocycles. The van der Waals surface area contributed by atoms with Gasteiger partial charge in [0.1, 0.15) is 0 Å². The molecule has 1 aliphatic heterocycles. The van der Waals surface area contributed by atoms with Gasteiger partial charge in [-0.05, 0) is 33.2 Å². The molecule has 21 heavy (non-hydrogen) atoms. The van der Waals surface area contributed by atoms with Gasteiger partial charge < -0.3 is 9.80 Å². The molecule has 124 valence electrons. The quantitative estimate of drug-likeness (QED) is 0.688. The third-order valence-corrected chi connectivity index (χ3v) is 4.34. The Kier molecular flexibility index (Phi) is 8.27. The number of carbonyl (C=O) groups is 1. The van der Waals surface area contributed by atoms with Crippen molar-refractivity contribution in [3.05, 3.63) is 0 Å². The third-order valence-electron chi connectivity index (χ3n) is 4.34. The van der Waals surface area contributed by atoms with Crippen LogP contribution in [0.5, 0.6) is 0 Å². The number of amides is 1. The minimum Gasteiger partial charge on any atom is -0.342 e. The van der Waals surface area contributed by atoms with Crippen molar-refractivity contribution in [1.29, 1.82) is 0 Å². The van der Waals surface area contributed by atoms with Gasteiger partial charge in [-0.15, -0.1) is 0 Å². The van der Waals surface area contributed by atoms with E-state index in [4.69, 9.17) is 0 Å². The van der Waals surface area contributed by atoms with Gasteiger partial charge in [0, 0.05) is 51.2 Å². The molecule has 1 heterocycles. The summed E-state index contributed by atoms with van der Waals surface area (Å²) in [5.41, 5.74) is 0. The number of nitrogens with zero attached hydrogens (tertiary/aromatic N) is 3. The number of hydrogen-bond donors (Lipinski definition) is 0. The molecule has 4 heteroatoms. The summed E-state index contributed by atoms with van der Waals surface area (Å²) in [6.07, 6.45) is 2.14. The minimum absolute atomic E-state index is 0.117. The second-order valence-corrected chi connectivity index (χ2v) is 6.80. The van der Waals surface area contributed by atoms with Gasteiger partial charge in [-0.2, -0.15) is 0 Å². The zero-order valence-corrected chi connectivity index (χ0v) is 14.8. The van der Waals surface area contributed by atoms with Crippen molar-refractivity contribution < 1.29 is 4.79 Å². The molecule has 0 saturated carbocycles. The maximum absolute atomic E-state index is 12.1. The second kappa shape index (κ2) is 9.42. The molecule has 0 radical (unpaired) electrons. The second-order valence-electron chi connectivity index (χ2n) is 6.80. The summed E-state index contributed by atoms with van der Waals surface area (Å²) in [4.78, 5) is 19.3. The molecule has 1 amide bonds. The minimum atomic E-state index is 0.117. The van der Waals surface area contributed by atoms with Crippen molar-refractivity contribution in [1.82, 2.24) is 14.7 Å². The maximum Gasteiger partial charge on any atom is 0.225 e. The first kappa shape index (κ1) is 18.4. The summed E-state index contributed by atoms with van der Waals surface area (Å²) in [5.74, 6) is 0.424. The van der Waals surface area contributed by atoms with E-state index in [0.717, 1.165) is 32.5 Å². The number of piperazine rings is 1. The Labute approximate surface area is 131 Å². The van der Waals surface area contributed by atoms with Gasteiger partial charge in [-0.25, -0.2) is 0 Å². The Morgan fingerprint density at radius 3 is 2.14 bits per heavy atom. The Morgan fingerprint density at radius 1 is 1.05 bits per heavy atom. The average molecular weight is 297 g/mol. The SMILES string of the molecule is CCCN(CCCN1CCN(C(C)C)CC1)C(=O)C(C)C. The van der Waals surface area contributed by atoms with E-state index >= 15 is 0 Å². The van der Waals surface area contributed by atoms with Crippen LogP contribution in [-0.2, 0) is 4.79 Å². The monoisotopic (exact) mass is 297 g/mol. The fourth-order valence-electron chi connectivity index (χ4n) is 2.96. The summed E-state index contributed by atoms with van der Waals surface area (Å²) < 4.78 is 0. The molecule has 0 unspecified atom stereocenters. The van der Waals surface area contributed by atoms with E-state index in [1.807, 2.05) is 13.8 Å². The van der Waals surface area contributed by atoms with Gasteiger partial charge in [0.2, 0.25) is 5.91 Å². The lowest BCUT2D eigenvalue weighted by molar-refractivity contribution is -0.134. The smallest absolute Gasteiger partial charge is 0.225 e. The Bertz CT molecular complexity index is 296. The molecule has 1 aliphatic rings. The lowest BCUT2D eigenvalue weighted by atomic mass is 10.1. The molecule has 1 fully saturated rings. The number of hydrogen-bond acceptors (Lipinski definition) is 3. The maximum atomic E-state index is 12.1. The molecule has 1 rings (SSSR count). The van der Waals surface area contributed by atoms with Gasteiger partial charge in [-0.3, -0.25) is 9.69 Å². The lowest BCUT2D eigenvalue weighted by Gasteiger charge is -2.37. The van der Waals surface area contributed by atoms with Gasteiger partial charge in [-0.1, -0.05) is 20.8 Å². The molecular formula is C17H35N3O. The number of carbonyl (C=O) groups excluding carboxylic acids is 1. The van der Waals surface area contributed by atoms with Gasteiger partial charge in [0.15, 0.2) is 0 Å². The predicted molar refractivity (Wildman–Crippen MR) is 89.5 cm³/mol. The highest BCUT2D eigenvalue weighted by Crippen LogP contribution is 2.08. The van der Waals surface area contributed by atoms with Crippen LogP contribution in [0.15, 0.2) is 0 Å². The summed E-state index contributed by atoms with van der Waals surface area (Å²) in [6, 6.07) is 0.663. The average Bonchev–Trinajstić information content (AvgIpc) is 2.46. The molecule has 0 bridgehead atoms. The van der Waals surface area contributed by atoms with E-state index < -0.39 is 0 Å². The molecular weight excluding hydrogens is 262 g/mol. The van der Waals surface area contributed by atoms with Crippen molar-refractivity contribution in [3.63, 3.8) is 0 Å². The summed E-state index contributed by atoms with van der Waals surface area (Å²) in [7, 11) is 0. The fourth-order valence-corrected chi connectivity index (χ4v) is 2.96. The predicted octanol–water partition coefficient (Wildman–Crippen LogP) is 2.30. The van der Waals surface area contributed by atoms with Crippen LogP contribution in [0.1, 0.15) is 47.5 Å². The van der Waals surface area contributed by atoms with E-state index in [0.29, 0.717) is 11.9 Å². The van der Waals surface area contributed by atoms with Crippen LogP contribution < -0.4 is 0 Å². The standard InChI is InChI=1S/C17H35N3O/c1-6-8-20(17(21)15(2)3)10-7-9-18-11-13-19(14-12-18)16(4)5/h15-16H,6-14H2,1-5H3. The van der Waals surface area contributed by atoms with Crippen LogP contribution in [-0.4, -0.2) is 72.5 Å². The molecule has 0 spiro atoms. The van der Waals surface area contributed by atoms with E-state index in [-0.39, 0.29) is 5.92 Å². The number of rotatable bonds is 8. The molecule has 4 nitrogen and oxygen atoms in total. The van der Waals surface area contributed by atoms with Gasteiger partial charge in [0.25, 0.3) is 0 Å². The van der Waals surface area contributed by atoms with Crippen LogP contribution in [0.3, 0.4) is 0 Å². The summed E-state index contributed by atoms with van der Waals surface area (Å²) in [6.45, 7) is 18.3. The molecule has 0 atom stereocenters. The molecule has 0 aliphatic carbocycles. The van der Waals surface area contributed by atoms with Crippen molar-refractivity contribution in [2.45, 2.75) is 53.5 Å². The largest absolute Gasteiger partial charge is 0.342 e.